The molecule has 30 heavy (non-hydrogen) atoms. The van der Waals surface area contributed by atoms with Gasteiger partial charge in [-0.3, -0.25) is 0 Å². The Morgan fingerprint density at radius 2 is 1.77 bits per heavy atom. The average molecular weight is 429 g/mol. The summed E-state index contributed by atoms with van der Waals surface area (Å²) in [5.74, 6) is 1.87. The van der Waals surface area contributed by atoms with Crippen LogP contribution in [-0.2, 0) is 16.4 Å². The van der Waals surface area contributed by atoms with E-state index in [9.17, 15) is 8.42 Å². The Kier molecular flexibility index (Phi) is 5.75. The number of hydrogen-bond donors (Lipinski definition) is 0. The molecule has 0 bridgehead atoms. The van der Waals surface area contributed by atoms with Crippen LogP contribution in [0.2, 0.25) is 0 Å². The first-order valence-corrected chi connectivity index (χ1v) is 11.9. The van der Waals surface area contributed by atoms with Gasteiger partial charge < -0.3 is 4.90 Å². The molecule has 3 aromatic rings. The summed E-state index contributed by atoms with van der Waals surface area (Å²) in [4.78, 5) is 11.3. The lowest BCUT2D eigenvalue weighted by Gasteiger charge is -2.35. The van der Waals surface area contributed by atoms with Crippen LogP contribution in [0.5, 0.6) is 0 Å². The first-order chi connectivity index (χ1) is 14.4. The Hall–Kier alpha value is -2.52. The molecule has 1 aliphatic rings. The Morgan fingerprint density at radius 3 is 2.40 bits per heavy atom. The van der Waals surface area contributed by atoms with Crippen LogP contribution in [0.1, 0.15) is 44.4 Å². The molecule has 0 radical (unpaired) electrons. The summed E-state index contributed by atoms with van der Waals surface area (Å²) in [5, 5.41) is 4.30. The molecule has 1 aliphatic heterocycles. The Morgan fingerprint density at radius 1 is 1.07 bits per heavy atom. The highest BCUT2D eigenvalue weighted by molar-refractivity contribution is 7.89. The van der Waals surface area contributed by atoms with Crippen molar-refractivity contribution in [3.05, 3.63) is 47.9 Å². The molecule has 8 nitrogen and oxygen atoms in total. The van der Waals surface area contributed by atoms with Crippen molar-refractivity contribution < 1.29 is 8.42 Å². The molecule has 0 N–H and O–H groups in total. The van der Waals surface area contributed by atoms with Crippen LogP contribution >= 0.6 is 0 Å². The summed E-state index contributed by atoms with van der Waals surface area (Å²) in [6, 6.07) is 9.29. The molecule has 3 heterocycles. The monoisotopic (exact) mass is 428 g/mol. The smallest absolute Gasteiger partial charge is 0.254 e. The third-order valence-corrected chi connectivity index (χ3v) is 7.45. The molecule has 4 rings (SSSR count). The number of fused-ring (bicyclic) bond motifs is 1. The summed E-state index contributed by atoms with van der Waals surface area (Å²) in [7, 11) is -3.50. The Labute approximate surface area is 177 Å². The molecule has 0 atom stereocenters. The van der Waals surface area contributed by atoms with Crippen molar-refractivity contribution in [2.24, 2.45) is 0 Å². The van der Waals surface area contributed by atoms with E-state index in [4.69, 9.17) is 0 Å². The van der Waals surface area contributed by atoms with Gasteiger partial charge in [-0.2, -0.15) is 18.9 Å². The van der Waals surface area contributed by atoms with Crippen LogP contribution in [0.4, 0.5) is 5.82 Å². The van der Waals surface area contributed by atoms with Crippen LogP contribution < -0.4 is 4.90 Å². The number of rotatable bonds is 6. The van der Waals surface area contributed by atoms with E-state index in [1.165, 1.54) is 6.33 Å². The molecule has 1 saturated heterocycles. The van der Waals surface area contributed by atoms with Crippen molar-refractivity contribution in [2.45, 2.75) is 44.4 Å². The third-order valence-electron chi connectivity index (χ3n) is 5.54. The fourth-order valence-electron chi connectivity index (χ4n) is 3.78. The van der Waals surface area contributed by atoms with Crippen LogP contribution in [-0.4, -0.2) is 58.5 Å². The van der Waals surface area contributed by atoms with E-state index in [-0.39, 0.29) is 0 Å². The SMILES string of the molecule is CCCc1cc(N2CCN(S(=O)(=O)c3ccc(C(C)C)cc3)CC2)n2ncnc2n1. The summed E-state index contributed by atoms with van der Waals surface area (Å²) in [6.07, 6.45) is 3.37. The van der Waals surface area contributed by atoms with E-state index < -0.39 is 10.0 Å². The minimum Gasteiger partial charge on any atom is -0.354 e. The number of nitrogens with zero attached hydrogens (tertiary/aromatic N) is 6. The molecule has 0 unspecified atom stereocenters. The van der Waals surface area contributed by atoms with Crippen molar-refractivity contribution >= 4 is 21.6 Å². The zero-order valence-corrected chi connectivity index (χ0v) is 18.5. The molecular weight excluding hydrogens is 400 g/mol. The number of benzene rings is 1. The van der Waals surface area contributed by atoms with Crippen molar-refractivity contribution in [2.75, 3.05) is 31.1 Å². The molecule has 0 spiro atoms. The second-order valence-corrected chi connectivity index (χ2v) is 9.88. The minimum absolute atomic E-state index is 0.355. The van der Waals surface area contributed by atoms with Gasteiger partial charge in [-0.1, -0.05) is 39.3 Å². The van der Waals surface area contributed by atoms with E-state index in [1.807, 2.05) is 18.2 Å². The zero-order chi connectivity index (χ0) is 21.3. The maximum atomic E-state index is 13.1. The van der Waals surface area contributed by atoms with Crippen molar-refractivity contribution in [1.82, 2.24) is 23.9 Å². The van der Waals surface area contributed by atoms with Gasteiger partial charge in [0.25, 0.3) is 5.78 Å². The van der Waals surface area contributed by atoms with E-state index in [0.29, 0.717) is 42.8 Å². The van der Waals surface area contributed by atoms with E-state index >= 15 is 0 Å². The van der Waals surface area contributed by atoms with Gasteiger partial charge in [0.05, 0.1) is 4.90 Å². The van der Waals surface area contributed by atoms with Crippen molar-refractivity contribution in [1.29, 1.82) is 0 Å². The highest BCUT2D eigenvalue weighted by atomic mass is 32.2. The summed E-state index contributed by atoms with van der Waals surface area (Å²) >= 11 is 0. The second-order valence-electron chi connectivity index (χ2n) is 7.94. The predicted octanol–water partition coefficient (Wildman–Crippen LogP) is 2.71. The molecule has 1 fully saturated rings. The number of aryl methyl sites for hydroxylation is 1. The van der Waals surface area contributed by atoms with Crippen LogP contribution in [0.3, 0.4) is 0 Å². The number of sulfonamides is 1. The number of hydrogen-bond acceptors (Lipinski definition) is 6. The number of piperazine rings is 1. The quantitative estimate of drug-likeness (QED) is 0.600. The fourth-order valence-corrected chi connectivity index (χ4v) is 5.21. The van der Waals surface area contributed by atoms with E-state index in [1.54, 1.807) is 21.0 Å². The molecular formula is C21H28N6O2S. The van der Waals surface area contributed by atoms with Gasteiger partial charge in [-0.05, 0) is 30.0 Å². The average Bonchev–Trinajstić information content (AvgIpc) is 3.22. The Balaban J connectivity index is 1.52. The lowest BCUT2D eigenvalue weighted by Crippen LogP contribution is -2.49. The summed E-state index contributed by atoms with van der Waals surface area (Å²) < 4.78 is 29.5. The van der Waals surface area contributed by atoms with E-state index in [2.05, 4.69) is 40.7 Å². The van der Waals surface area contributed by atoms with Crippen LogP contribution in [0.15, 0.2) is 41.6 Å². The van der Waals surface area contributed by atoms with Crippen molar-refractivity contribution in [3.63, 3.8) is 0 Å². The van der Waals surface area contributed by atoms with Crippen molar-refractivity contribution in [3.8, 4) is 0 Å². The first kappa shape index (κ1) is 20.7. The second kappa shape index (κ2) is 8.31. The minimum atomic E-state index is -3.50. The third kappa shape index (κ3) is 3.91. The molecule has 1 aromatic carbocycles. The number of aromatic nitrogens is 4. The Bertz CT molecular complexity index is 1120. The van der Waals surface area contributed by atoms with Gasteiger partial charge in [0.1, 0.15) is 12.1 Å². The topological polar surface area (TPSA) is 83.7 Å². The predicted molar refractivity (Wildman–Crippen MR) is 116 cm³/mol. The van der Waals surface area contributed by atoms with Gasteiger partial charge in [0, 0.05) is 37.9 Å². The molecule has 9 heteroatoms. The van der Waals surface area contributed by atoms with Gasteiger partial charge in [-0.15, -0.1) is 0 Å². The maximum absolute atomic E-state index is 13.1. The molecule has 0 amide bonds. The normalized spacial score (nSPS) is 15.9. The molecule has 160 valence electrons. The first-order valence-electron chi connectivity index (χ1n) is 10.4. The maximum Gasteiger partial charge on any atom is 0.254 e. The van der Waals surface area contributed by atoms with Gasteiger partial charge in [-0.25, -0.2) is 13.4 Å². The zero-order valence-electron chi connectivity index (χ0n) is 17.7. The van der Waals surface area contributed by atoms with Gasteiger partial charge in [0.15, 0.2) is 0 Å². The highest BCUT2D eigenvalue weighted by Crippen LogP contribution is 2.24. The largest absolute Gasteiger partial charge is 0.354 e. The highest BCUT2D eigenvalue weighted by Gasteiger charge is 2.29. The van der Waals surface area contributed by atoms with E-state index in [0.717, 1.165) is 29.9 Å². The standard InChI is InChI=1S/C21H28N6O2S/c1-4-5-18-14-20(27-21(24-18)22-15-23-27)25-10-12-26(13-11-25)30(28,29)19-8-6-17(7-9-19)16(2)3/h6-9,14-16H,4-5,10-13H2,1-3H3. The van der Waals surface area contributed by atoms with Gasteiger partial charge in [0.2, 0.25) is 10.0 Å². The lowest BCUT2D eigenvalue weighted by molar-refractivity contribution is 0.383. The van der Waals surface area contributed by atoms with Crippen LogP contribution in [0, 0.1) is 0 Å². The molecule has 0 saturated carbocycles. The van der Waals surface area contributed by atoms with Crippen LogP contribution in [0.25, 0.3) is 5.78 Å². The lowest BCUT2D eigenvalue weighted by atomic mass is 10.0. The van der Waals surface area contributed by atoms with Gasteiger partial charge >= 0.3 is 0 Å². The summed E-state index contributed by atoms with van der Waals surface area (Å²) in [6.45, 7) is 8.35. The number of anilines is 1. The summed E-state index contributed by atoms with van der Waals surface area (Å²) in [5.41, 5.74) is 2.12. The molecule has 0 aliphatic carbocycles. The fraction of sp³-hybridized carbons (Fsp3) is 0.476. The molecule has 2 aromatic heterocycles.